The smallest absolute Gasteiger partial charge is 0.354 e. The summed E-state index contributed by atoms with van der Waals surface area (Å²) in [5.74, 6) is -0.952. The van der Waals surface area contributed by atoms with E-state index in [9.17, 15) is 9.90 Å². The summed E-state index contributed by atoms with van der Waals surface area (Å²) >= 11 is 0. The molecule has 0 amide bonds. The predicted molar refractivity (Wildman–Crippen MR) is 69.1 cm³/mol. The minimum atomic E-state index is -0.952. The summed E-state index contributed by atoms with van der Waals surface area (Å²) in [4.78, 5) is 15.6. The molecule has 0 fully saturated rings. The van der Waals surface area contributed by atoms with Crippen molar-refractivity contribution in [2.24, 2.45) is 0 Å². The van der Waals surface area contributed by atoms with Crippen molar-refractivity contribution in [1.82, 2.24) is 9.38 Å². The van der Waals surface area contributed by atoms with Gasteiger partial charge in [-0.05, 0) is 30.9 Å². The van der Waals surface area contributed by atoms with E-state index in [4.69, 9.17) is 0 Å². The first-order valence-corrected chi connectivity index (χ1v) is 5.70. The molecule has 0 radical (unpaired) electrons. The van der Waals surface area contributed by atoms with Gasteiger partial charge in [-0.3, -0.25) is 4.40 Å². The van der Waals surface area contributed by atoms with Crippen LogP contribution < -0.4 is 0 Å². The Labute approximate surface area is 104 Å². The number of hydrogen-bond acceptors (Lipinski definition) is 2. The first kappa shape index (κ1) is 10.8. The number of benzene rings is 1. The van der Waals surface area contributed by atoms with E-state index in [2.05, 4.69) is 4.98 Å². The Morgan fingerprint density at radius 3 is 2.72 bits per heavy atom. The Balaban J connectivity index is 2.54. The number of nitrogens with zero attached hydrogens (tertiary/aromatic N) is 2. The van der Waals surface area contributed by atoms with Gasteiger partial charge in [-0.25, -0.2) is 9.78 Å². The second kappa shape index (κ2) is 3.57. The summed E-state index contributed by atoms with van der Waals surface area (Å²) in [5.41, 5.74) is 2.63. The fourth-order valence-electron chi connectivity index (χ4n) is 2.38. The van der Waals surface area contributed by atoms with E-state index in [1.54, 1.807) is 17.5 Å². The molecule has 0 aliphatic heterocycles. The van der Waals surface area contributed by atoms with Crippen molar-refractivity contribution in [3.63, 3.8) is 0 Å². The van der Waals surface area contributed by atoms with Crippen LogP contribution in [0.25, 0.3) is 16.4 Å². The van der Waals surface area contributed by atoms with Crippen LogP contribution in [0.2, 0.25) is 0 Å². The third-order valence-corrected chi connectivity index (χ3v) is 3.24. The number of fused-ring (bicyclic) bond motifs is 3. The molecule has 2 heterocycles. The van der Waals surface area contributed by atoms with E-state index in [1.807, 2.05) is 31.2 Å². The lowest BCUT2D eigenvalue weighted by Crippen LogP contribution is -2.03. The number of rotatable bonds is 1. The molecular formula is C14H12N2O2. The van der Waals surface area contributed by atoms with Crippen LogP contribution in [0, 0.1) is 13.8 Å². The maximum absolute atomic E-state index is 11.2. The van der Waals surface area contributed by atoms with E-state index in [0.717, 1.165) is 16.3 Å². The van der Waals surface area contributed by atoms with Gasteiger partial charge in [-0.2, -0.15) is 0 Å². The summed E-state index contributed by atoms with van der Waals surface area (Å²) in [6.45, 7) is 3.75. The normalized spacial score (nSPS) is 11.2. The first-order chi connectivity index (χ1) is 8.59. The molecule has 4 nitrogen and oxygen atoms in total. The lowest BCUT2D eigenvalue weighted by Gasteiger charge is -2.04. The fraction of sp³-hybridized carbons (Fsp3) is 0.143. The van der Waals surface area contributed by atoms with E-state index >= 15 is 0 Å². The number of aromatic nitrogens is 2. The average molecular weight is 240 g/mol. The number of pyridine rings is 1. The first-order valence-electron chi connectivity index (χ1n) is 5.70. The summed E-state index contributed by atoms with van der Waals surface area (Å²) in [6.07, 6.45) is 1.77. The molecule has 4 heteroatoms. The molecule has 0 aliphatic carbocycles. The standard InChI is InChI=1S/C14H12N2O2/c1-8-4-3-5-11-10(8)6-7-16-12(14(17)18)9(2)15-13(11)16/h3-7H,1-2H3,(H,17,18). The highest BCUT2D eigenvalue weighted by Crippen LogP contribution is 2.24. The quantitative estimate of drug-likeness (QED) is 0.711. The highest BCUT2D eigenvalue weighted by Gasteiger charge is 2.16. The number of hydrogen-bond donors (Lipinski definition) is 1. The number of imidazole rings is 1. The third kappa shape index (κ3) is 1.32. The van der Waals surface area contributed by atoms with Gasteiger partial charge in [0.15, 0.2) is 5.69 Å². The van der Waals surface area contributed by atoms with Gasteiger partial charge in [0.05, 0.1) is 5.69 Å². The van der Waals surface area contributed by atoms with Crippen molar-refractivity contribution in [3.05, 3.63) is 47.4 Å². The number of aryl methyl sites for hydroxylation is 2. The maximum atomic E-state index is 11.2. The Hall–Kier alpha value is -2.36. The second-order valence-corrected chi connectivity index (χ2v) is 4.40. The molecule has 3 aromatic rings. The Bertz CT molecular complexity index is 787. The van der Waals surface area contributed by atoms with Crippen molar-refractivity contribution >= 4 is 22.4 Å². The summed E-state index contributed by atoms with van der Waals surface area (Å²) in [5, 5.41) is 11.3. The SMILES string of the molecule is Cc1nc2c3cccc(C)c3ccn2c1C(=O)O. The van der Waals surface area contributed by atoms with Crippen molar-refractivity contribution < 1.29 is 9.90 Å². The number of carboxylic acids is 1. The van der Waals surface area contributed by atoms with Crippen molar-refractivity contribution in [2.75, 3.05) is 0 Å². The van der Waals surface area contributed by atoms with E-state index in [1.165, 1.54) is 0 Å². The van der Waals surface area contributed by atoms with Crippen LogP contribution in [-0.4, -0.2) is 20.5 Å². The average Bonchev–Trinajstić information content (AvgIpc) is 2.66. The van der Waals surface area contributed by atoms with Gasteiger partial charge in [0.2, 0.25) is 0 Å². The fourth-order valence-corrected chi connectivity index (χ4v) is 2.38. The number of aromatic carboxylic acids is 1. The van der Waals surface area contributed by atoms with Gasteiger partial charge in [-0.15, -0.1) is 0 Å². The molecule has 0 saturated heterocycles. The van der Waals surface area contributed by atoms with Gasteiger partial charge in [-0.1, -0.05) is 18.2 Å². The van der Waals surface area contributed by atoms with Crippen LogP contribution >= 0.6 is 0 Å². The van der Waals surface area contributed by atoms with Crippen LogP contribution in [-0.2, 0) is 0 Å². The van der Waals surface area contributed by atoms with Crippen molar-refractivity contribution in [1.29, 1.82) is 0 Å². The van der Waals surface area contributed by atoms with E-state index in [0.29, 0.717) is 11.3 Å². The number of carbonyl (C=O) groups is 1. The van der Waals surface area contributed by atoms with Crippen LogP contribution in [0.1, 0.15) is 21.7 Å². The van der Waals surface area contributed by atoms with Crippen LogP contribution in [0.5, 0.6) is 0 Å². The van der Waals surface area contributed by atoms with Crippen LogP contribution in [0.3, 0.4) is 0 Å². The summed E-state index contributed by atoms with van der Waals surface area (Å²) in [6, 6.07) is 7.90. The monoisotopic (exact) mass is 240 g/mol. The van der Waals surface area contributed by atoms with Crippen molar-refractivity contribution in [2.45, 2.75) is 13.8 Å². The molecular weight excluding hydrogens is 228 g/mol. The van der Waals surface area contributed by atoms with Gasteiger partial charge in [0.1, 0.15) is 5.65 Å². The maximum Gasteiger partial charge on any atom is 0.354 e. The minimum Gasteiger partial charge on any atom is -0.477 e. The molecule has 0 unspecified atom stereocenters. The molecule has 3 rings (SSSR count). The highest BCUT2D eigenvalue weighted by atomic mass is 16.4. The predicted octanol–water partition coefficient (Wildman–Crippen LogP) is 2.80. The second-order valence-electron chi connectivity index (χ2n) is 4.40. The number of carboxylic acid groups (broad SMARTS) is 1. The lowest BCUT2D eigenvalue weighted by atomic mass is 10.1. The van der Waals surface area contributed by atoms with Gasteiger partial charge < -0.3 is 5.11 Å². The molecule has 2 aromatic heterocycles. The van der Waals surface area contributed by atoms with Crippen LogP contribution in [0.4, 0.5) is 0 Å². The zero-order valence-electron chi connectivity index (χ0n) is 10.1. The molecule has 1 aromatic carbocycles. The third-order valence-electron chi connectivity index (χ3n) is 3.24. The Kier molecular flexibility index (Phi) is 2.13. The molecule has 0 atom stereocenters. The lowest BCUT2D eigenvalue weighted by molar-refractivity contribution is 0.0688. The molecule has 90 valence electrons. The highest BCUT2D eigenvalue weighted by molar-refractivity contribution is 5.98. The summed E-state index contributed by atoms with van der Waals surface area (Å²) in [7, 11) is 0. The Morgan fingerprint density at radius 1 is 1.22 bits per heavy atom. The zero-order chi connectivity index (χ0) is 12.9. The van der Waals surface area contributed by atoms with Gasteiger partial charge >= 0.3 is 5.97 Å². The molecule has 0 spiro atoms. The van der Waals surface area contributed by atoms with Crippen LogP contribution in [0.15, 0.2) is 30.5 Å². The molecule has 18 heavy (non-hydrogen) atoms. The van der Waals surface area contributed by atoms with E-state index < -0.39 is 5.97 Å². The molecule has 0 aliphatic rings. The molecule has 0 bridgehead atoms. The van der Waals surface area contributed by atoms with Crippen molar-refractivity contribution in [3.8, 4) is 0 Å². The molecule has 0 saturated carbocycles. The molecule has 1 N–H and O–H groups in total. The van der Waals surface area contributed by atoms with Gasteiger partial charge in [0, 0.05) is 11.6 Å². The van der Waals surface area contributed by atoms with E-state index in [-0.39, 0.29) is 5.69 Å². The largest absolute Gasteiger partial charge is 0.477 e. The zero-order valence-corrected chi connectivity index (χ0v) is 10.1. The Morgan fingerprint density at radius 2 is 2.00 bits per heavy atom. The minimum absolute atomic E-state index is 0.230. The topological polar surface area (TPSA) is 54.6 Å². The summed E-state index contributed by atoms with van der Waals surface area (Å²) < 4.78 is 1.64. The van der Waals surface area contributed by atoms with Gasteiger partial charge in [0.25, 0.3) is 0 Å².